The molecule has 1 aliphatic carbocycles. The third-order valence-electron chi connectivity index (χ3n) is 3.61. The average molecular weight is 316 g/mol. The van der Waals surface area contributed by atoms with Gasteiger partial charge >= 0.3 is 0 Å². The van der Waals surface area contributed by atoms with Gasteiger partial charge in [-0.3, -0.25) is 4.79 Å². The molecule has 22 heavy (non-hydrogen) atoms. The highest BCUT2D eigenvalue weighted by molar-refractivity contribution is 6.33. The van der Waals surface area contributed by atoms with Crippen molar-refractivity contribution in [2.75, 3.05) is 5.32 Å². The lowest BCUT2D eigenvalue weighted by molar-refractivity contribution is 0.0946. The van der Waals surface area contributed by atoms with Gasteiger partial charge in [-0.15, -0.1) is 0 Å². The first-order valence-corrected chi connectivity index (χ1v) is 7.71. The number of amides is 1. The van der Waals surface area contributed by atoms with Crippen molar-refractivity contribution in [3.8, 4) is 0 Å². The summed E-state index contributed by atoms with van der Waals surface area (Å²) in [4.78, 5) is 16.1. The SMILES string of the molecule is Cc1cc(C)c(Nc2ccc(C(=O)NC3CC3)nc2)c(Cl)c1. The van der Waals surface area contributed by atoms with Gasteiger partial charge in [0.1, 0.15) is 5.69 Å². The molecule has 0 saturated heterocycles. The first-order chi connectivity index (χ1) is 10.5. The van der Waals surface area contributed by atoms with E-state index in [2.05, 4.69) is 21.7 Å². The molecule has 3 rings (SSSR count). The molecule has 1 aromatic carbocycles. The molecule has 1 fully saturated rings. The quantitative estimate of drug-likeness (QED) is 0.897. The van der Waals surface area contributed by atoms with Crippen LogP contribution in [0.3, 0.4) is 0 Å². The third-order valence-corrected chi connectivity index (χ3v) is 3.91. The number of anilines is 2. The van der Waals surface area contributed by atoms with Crippen molar-refractivity contribution in [3.63, 3.8) is 0 Å². The number of carbonyl (C=O) groups excluding carboxylic acids is 1. The Morgan fingerprint density at radius 1 is 1.27 bits per heavy atom. The molecule has 1 aromatic heterocycles. The van der Waals surface area contributed by atoms with Gasteiger partial charge in [0.15, 0.2) is 0 Å². The summed E-state index contributed by atoms with van der Waals surface area (Å²) in [6.07, 6.45) is 3.78. The number of aryl methyl sites for hydroxylation is 2. The Hall–Kier alpha value is -2.07. The van der Waals surface area contributed by atoms with Gasteiger partial charge in [0.25, 0.3) is 5.91 Å². The maximum atomic E-state index is 11.9. The molecule has 2 aromatic rings. The Morgan fingerprint density at radius 3 is 2.64 bits per heavy atom. The number of aromatic nitrogens is 1. The van der Waals surface area contributed by atoms with Crippen molar-refractivity contribution < 1.29 is 4.79 Å². The van der Waals surface area contributed by atoms with Crippen LogP contribution in [0, 0.1) is 13.8 Å². The van der Waals surface area contributed by atoms with Crippen molar-refractivity contribution in [2.45, 2.75) is 32.7 Å². The van der Waals surface area contributed by atoms with Crippen molar-refractivity contribution in [1.82, 2.24) is 10.3 Å². The second-order valence-electron chi connectivity index (χ2n) is 5.74. The van der Waals surface area contributed by atoms with Gasteiger partial charge in [0.2, 0.25) is 0 Å². The van der Waals surface area contributed by atoms with Crippen LogP contribution in [0.25, 0.3) is 0 Å². The van der Waals surface area contributed by atoms with Crippen molar-refractivity contribution in [2.24, 2.45) is 0 Å². The molecule has 1 heterocycles. The number of nitrogens with zero attached hydrogens (tertiary/aromatic N) is 1. The van der Waals surface area contributed by atoms with E-state index in [1.54, 1.807) is 12.3 Å². The summed E-state index contributed by atoms with van der Waals surface area (Å²) in [5.74, 6) is -0.112. The number of benzene rings is 1. The molecule has 0 bridgehead atoms. The van der Waals surface area contributed by atoms with Crippen LogP contribution in [0.2, 0.25) is 5.02 Å². The largest absolute Gasteiger partial charge is 0.353 e. The molecule has 114 valence electrons. The minimum absolute atomic E-state index is 0.112. The summed E-state index contributed by atoms with van der Waals surface area (Å²) >= 11 is 6.28. The van der Waals surface area contributed by atoms with Gasteiger partial charge in [-0.1, -0.05) is 17.7 Å². The number of hydrogen-bond acceptors (Lipinski definition) is 3. The minimum Gasteiger partial charge on any atom is -0.353 e. The van der Waals surface area contributed by atoms with E-state index < -0.39 is 0 Å². The van der Waals surface area contributed by atoms with Crippen LogP contribution in [-0.2, 0) is 0 Å². The summed E-state index contributed by atoms with van der Waals surface area (Å²) in [7, 11) is 0. The standard InChI is InChI=1S/C17H18ClN3O/c1-10-7-11(2)16(14(18)8-10)20-13-5-6-15(19-9-13)17(22)21-12-3-4-12/h5-9,12,20H,3-4H2,1-2H3,(H,21,22). The van der Waals surface area contributed by atoms with Gasteiger partial charge < -0.3 is 10.6 Å². The van der Waals surface area contributed by atoms with Crippen LogP contribution in [0.1, 0.15) is 34.5 Å². The van der Waals surface area contributed by atoms with E-state index in [-0.39, 0.29) is 5.91 Å². The summed E-state index contributed by atoms with van der Waals surface area (Å²) in [5.41, 5.74) is 4.30. The number of halogens is 1. The van der Waals surface area contributed by atoms with Crippen LogP contribution in [0.5, 0.6) is 0 Å². The highest BCUT2D eigenvalue weighted by atomic mass is 35.5. The van der Waals surface area contributed by atoms with Crippen LogP contribution in [0.4, 0.5) is 11.4 Å². The Labute approximate surface area is 134 Å². The van der Waals surface area contributed by atoms with Gasteiger partial charge in [-0.25, -0.2) is 4.98 Å². The lowest BCUT2D eigenvalue weighted by atomic mass is 10.1. The number of rotatable bonds is 4. The molecule has 2 N–H and O–H groups in total. The average Bonchev–Trinajstić information content (AvgIpc) is 3.27. The molecule has 0 aliphatic heterocycles. The zero-order valence-corrected chi connectivity index (χ0v) is 13.4. The Bertz CT molecular complexity index is 685. The molecule has 1 saturated carbocycles. The Balaban J connectivity index is 1.74. The van der Waals surface area contributed by atoms with E-state index in [4.69, 9.17) is 11.6 Å². The van der Waals surface area contributed by atoms with E-state index in [1.165, 1.54) is 0 Å². The first kappa shape index (κ1) is 14.9. The van der Waals surface area contributed by atoms with E-state index in [1.807, 2.05) is 26.0 Å². The molecular formula is C17H18ClN3O. The number of hydrogen-bond donors (Lipinski definition) is 2. The molecule has 4 nitrogen and oxygen atoms in total. The molecule has 0 unspecified atom stereocenters. The fourth-order valence-corrected chi connectivity index (χ4v) is 2.68. The van der Waals surface area contributed by atoms with Crippen molar-refractivity contribution in [3.05, 3.63) is 52.3 Å². The van der Waals surface area contributed by atoms with Gasteiger partial charge in [-0.05, 0) is 56.0 Å². The normalized spacial score (nSPS) is 13.8. The van der Waals surface area contributed by atoms with Crippen molar-refractivity contribution >= 4 is 28.9 Å². The lowest BCUT2D eigenvalue weighted by Gasteiger charge is -2.12. The zero-order chi connectivity index (χ0) is 15.7. The van der Waals surface area contributed by atoms with E-state index >= 15 is 0 Å². The summed E-state index contributed by atoms with van der Waals surface area (Å²) in [6.45, 7) is 4.02. The minimum atomic E-state index is -0.112. The van der Waals surface area contributed by atoms with E-state index in [0.717, 1.165) is 35.3 Å². The molecule has 0 spiro atoms. The first-order valence-electron chi connectivity index (χ1n) is 7.33. The lowest BCUT2D eigenvalue weighted by Crippen LogP contribution is -2.26. The smallest absolute Gasteiger partial charge is 0.270 e. The second kappa shape index (κ2) is 5.97. The Morgan fingerprint density at radius 2 is 2.05 bits per heavy atom. The number of carbonyl (C=O) groups is 1. The van der Waals surface area contributed by atoms with Gasteiger partial charge in [0.05, 0.1) is 22.6 Å². The third kappa shape index (κ3) is 3.39. The fraction of sp³-hybridized carbons (Fsp3) is 0.294. The Kier molecular flexibility index (Phi) is 4.03. The molecule has 1 aliphatic rings. The molecule has 1 amide bonds. The monoisotopic (exact) mass is 315 g/mol. The zero-order valence-electron chi connectivity index (χ0n) is 12.6. The summed E-state index contributed by atoms with van der Waals surface area (Å²) in [5, 5.41) is 6.86. The highest BCUT2D eigenvalue weighted by Crippen LogP contribution is 2.30. The highest BCUT2D eigenvalue weighted by Gasteiger charge is 2.24. The number of nitrogens with one attached hydrogen (secondary N) is 2. The number of pyridine rings is 1. The topological polar surface area (TPSA) is 54.0 Å². The van der Waals surface area contributed by atoms with Crippen LogP contribution in [0.15, 0.2) is 30.5 Å². The van der Waals surface area contributed by atoms with Gasteiger partial charge in [-0.2, -0.15) is 0 Å². The summed E-state index contributed by atoms with van der Waals surface area (Å²) < 4.78 is 0. The fourth-order valence-electron chi connectivity index (χ4n) is 2.31. The molecule has 0 radical (unpaired) electrons. The molecular weight excluding hydrogens is 298 g/mol. The summed E-state index contributed by atoms with van der Waals surface area (Å²) in [6, 6.07) is 7.88. The maximum absolute atomic E-state index is 11.9. The van der Waals surface area contributed by atoms with Crippen LogP contribution >= 0.6 is 11.6 Å². The second-order valence-corrected chi connectivity index (χ2v) is 6.15. The van der Waals surface area contributed by atoms with Crippen LogP contribution < -0.4 is 10.6 Å². The van der Waals surface area contributed by atoms with E-state index in [0.29, 0.717) is 16.8 Å². The molecule has 0 atom stereocenters. The predicted molar refractivity (Wildman–Crippen MR) is 88.9 cm³/mol. The maximum Gasteiger partial charge on any atom is 0.270 e. The molecule has 5 heteroatoms. The predicted octanol–water partition coefficient (Wildman–Crippen LogP) is 3.99. The van der Waals surface area contributed by atoms with Gasteiger partial charge in [0, 0.05) is 6.04 Å². The van der Waals surface area contributed by atoms with Crippen LogP contribution in [-0.4, -0.2) is 16.9 Å². The van der Waals surface area contributed by atoms with Crippen molar-refractivity contribution in [1.29, 1.82) is 0 Å². The van der Waals surface area contributed by atoms with E-state index in [9.17, 15) is 4.79 Å².